The van der Waals surface area contributed by atoms with Gasteiger partial charge in [0.1, 0.15) is 5.82 Å². The molecule has 2 heteroatoms. The van der Waals surface area contributed by atoms with Gasteiger partial charge in [-0.15, -0.1) is 0 Å². The van der Waals surface area contributed by atoms with E-state index in [4.69, 9.17) is 0 Å². The highest BCUT2D eigenvalue weighted by Crippen LogP contribution is 2.34. The number of nitrogens with zero attached hydrogens (tertiary/aromatic N) is 1. The van der Waals surface area contributed by atoms with Gasteiger partial charge in [0, 0.05) is 17.1 Å². The fraction of sp³-hybridized carbons (Fsp3) is 0.0526. The summed E-state index contributed by atoms with van der Waals surface area (Å²) in [4.78, 5) is 2.11. The molecule has 0 saturated carbocycles. The first-order chi connectivity index (χ1) is 10.2. The van der Waals surface area contributed by atoms with Gasteiger partial charge in [0.25, 0.3) is 0 Å². The average Bonchev–Trinajstić information content (AvgIpc) is 2.52. The van der Waals surface area contributed by atoms with E-state index in [9.17, 15) is 4.39 Å². The normalized spacial score (nSPS) is 10.4. The van der Waals surface area contributed by atoms with Crippen LogP contribution in [0.5, 0.6) is 0 Å². The van der Waals surface area contributed by atoms with Gasteiger partial charge in [-0.05, 0) is 55.5 Å². The van der Waals surface area contributed by atoms with E-state index in [0.717, 1.165) is 17.1 Å². The van der Waals surface area contributed by atoms with Crippen molar-refractivity contribution >= 4 is 17.1 Å². The standard InChI is InChI=1S/C19H16FN/c1-15-7-11-18(12-8-15)21(17-5-3-2-4-6-17)19-13-9-16(20)10-14-19/h2-14H,1H3. The Morgan fingerprint density at radius 1 is 0.619 bits per heavy atom. The van der Waals surface area contributed by atoms with E-state index >= 15 is 0 Å². The van der Waals surface area contributed by atoms with E-state index in [1.807, 2.05) is 30.3 Å². The minimum absolute atomic E-state index is 0.226. The minimum atomic E-state index is -0.226. The van der Waals surface area contributed by atoms with E-state index in [1.165, 1.54) is 17.7 Å². The molecule has 0 saturated heterocycles. The van der Waals surface area contributed by atoms with Crippen molar-refractivity contribution in [2.45, 2.75) is 6.92 Å². The molecule has 0 aliphatic heterocycles. The van der Waals surface area contributed by atoms with E-state index in [0.29, 0.717) is 0 Å². The number of hydrogen-bond donors (Lipinski definition) is 0. The summed E-state index contributed by atoms with van der Waals surface area (Å²) in [6, 6.07) is 24.9. The molecular weight excluding hydrogens is 261 g/mol. The molecular formula is C19H16FN. The molecule has 21 heavy (non-hydrogen) atoms. The van der Waals surface area contributed by atoms with Crippen molar-refractivity contribution in [3.8, 4) is 0 Å². The second kappa shape index (κ2) is 5.80. The van der Waals surface area contributed by atoms with Crippen molar-refractivity contribution in [3.63, 3.8) is 0 Å². The Bertz CT molecular complexity index is 657. The topological polar surface area (TPSA) is 3.24 Å². The molecule has 0 spiro atoms. The fourth-order valence-electron chi connectivity index (χ4n) is 2.31. The molecule has 1 nitrogen and oxygen atoms in total. The molecule has 0 fully saturated rings. The smallest absolute Gasteiger partial charge is 0.123 e. The predicted octanol–water partition coefficient (Wildman–Crippen LogP) is 5.60. The van der Waals surface area contributed by atoms with Crippen molar-refractivity contribution < 1.29 is 4.39 Å². The van der Waals surface area contributed by atoms with Crippen molar-refractivity contribution in [1.82, 2.24) is 0 Å². The van der Waals surface area contributed by atoms with Gasteiger partial charge in [0.2, 0.25) is 0 Å². The molecule has 0 bridgehead atoms. The second-order valence-corrected chi connectivity index (χ2v) is 4.98. The lowest BCUT2D eigenvalue weighted by Gasteiger charge is -2.25. The quantitative estimate of drug-likeness (QED) is 0.602. The number of anilines is 3. The van der Waals surface area contributed by atoms with Crippen LogP contribution in [-0.4, -0.2) is 0 Å². The van der Waals surface area contributed by atoms with Crippen LogP contribution in [0.25, 0.3) is 0 Å². The van der Waals surface area contributed by atoms with Crippen molar-refractivity contribution in [2.75, 3.05) is 4.90 Å². The largest absolute Gasteiger partial charge is 0.311 e. The molecule has 104 valence electrons. The van der Waals surface area contributed by atoms with Crippen LogP contribution in [0.15, 0.2) is 78.9 Å². The summed E-state index contributed by atoms with van der Waals surface area (Å²) in [5.74, 6) is -0.226. The molecule has 0 heterocycles. The van der Waals surface area contributed by atoms with Gasteiger partial charge in [0.05, 0.1) is 0 Å². The molecule has 0 amide bonds. The summed E-state index contributed by atoms with van der Waals surface area (Å²) in [6.07, 6.45) is 0. The van der Waals surface area contributed by atoms with Crippen LogP contribution in [0.3, 0.4) is 0 Å². The Balaban J connectivity index is 2.11. The lowest BCUT2D eigenvalue weighted by Crippen LogP contribution is -2.09. The Morgan fingerprint density at radius 3 is 1.67 bits per heavy atom. The maximum absolute atomic E-state index is 13.2. The molecule has 0 radical (unpaired) electrons. The Hall–Kier alpha value is -2.61. The summed E-state index contributed by atoms with van der Waals surface area (Å²) in [7, 11) is 0. The summed E-state index contributed by atoms with van der Waals surface area (Å²) in [5, 5.41) is 0. The molecule has 0 aromatic heterocycles. The number of rotatable bonds is 3. The van der Waals surface area contributed by atoms with Crippen molar-refractivity contribution in [1.29, 1.82) is 0 Å². The van der Waals surface area contributed by atoms with E-state index < -0.39 is 0 Å². The number of hydrogen-bond acceptors (Lipinski definition) is 1. The molecule has 0 atom stereocenters. The number of para-hydroxylation sites is 1. The molecule has 0 aliphatic rings. The maximum Gasteiger partial charge on any atom is 0.123 e. The zero-order valence-electron chi connectivity index (χ0n) is 11.8. The van der Waals surface area contributed by atoms with Gasteiger partial charge in [-0.2, -0.15) is 0 Å². The third-order valence-electron chi connectivity index (χ3n) is 3.39. The van der Waals surface area contributed by atoms with Gasteiger partial charge < -0.3 is 4.90 Å². The van der Waals surface area contributed by atoms with E-state index in [2.05, 4.69) is 36.1 Å². The Morgan fingerprint density at radius 2 is 1.10 bits per heavy atom. The van der Waals surface area contributed by atoms with Crippen molar-refractivity contribution in [2.24, 2.45) is 0 Å². The van der Waals surface area contributed by atoms with Gasteiger partial charge in [-0.1, -0.05) is 35.9 Å². The van der Waals surface area contributed by atoms with Crippen LogP contribution in [-0.2, 0) is 0 Å². The lowest BCUT2D eigenvalue weighted by molar-refractivity contribution is 0.628. The first kappa shape index (κ1) is 13.4. The monoisotopic (exact) mass is 277 g/mol. The molecule has 3 rings (SSSR count). The Labute approximate surface area is 124 Å². The van der Waals surface area contributed by atoms with Gasteiger partial charge in [0.15, 0.2) is 0 Å². The van der Waals surface area contributed by atoms with Crippen LogP contribution in [0, 0.1) is 12.7 Å². The third-order valence-corrected chi connectivity index (χ3v) is 3.39. The highest BCUT2D eigenvalue weighted by molar-refractivity contribution is 5.76. The highest BCUT2D eigenvalue weighted by Gasteiger charge is 2.11. The highest BCUT2D eigenvalue weighted by atomic mass is 19.1. The molecule has 0 aliphatic carbocycles. The van der Waals surface area contributed by atoms with Crippen molar-refractivity contribution in [3.05, 3.63) is 90.2 Å². The zero-order valence-corrected chi connectivity index (χ0v) is 11.8. The zero-order chi connectivity index (χ0) is 14.7. The molecule has 0 unspecified atom stereocenters. The number of aryl methyl sites for hydroxylation is 1. The van der Waals surface area contributed by atoms with Gasteiger partial charge in [-0.3, -0.25) is 0 Å². The summed E-state index contributed by atoms with van der Waals surface area (Å²) < 4.78 is 13.2. The maximum atomic E-state index is 13.2. The first-order valence-electron chi connectivity index (χ1n) is 6.91. The third kappa shape index (κ3) is 2.95. The number of benzene rings is 3. The first-order valence-corrected chi connectivity index (χ1v) is 6.91. The SMILES string of the molecule is Cc1ccc(N(c2ccccc2)c2ccc(F)cc2)cc1. The molecule has 3 aromatic carbocycles. The summed E-state index contributed by atoms with van der Waals surface area (Å²) >= 11 is 0. The summed E-state index contributed by atoms with van der Waals surface area (Å²) in [5.41, 5.74) is 4.25. The molecule has 0 N–H and O–H groups in total. The predicted molar refractivity (Wildman–Crippen MR) is 85.8 cm³/mol. The molecule has 3 aromatic rings. The second-order valence-electron chi connectivity index (χ2n) is 4.98. The van der Waals surface area contributed by atoms with Crippen LogP contribution in [0.2, 0.25) is 0 Å². The number of halogens is 1. The van der Waals surface area contributed by atoms with Crippen LogP contribution in [0.1, 0.15) is 5.56 Å². The fourth-order valence-corrected chi connectivity index (χ4v) is 2.31. The van der Waals surface area contributed by atoms with Gasteiger partial charge >= 0.3 is 0 Å². The van der Waals surface area contributed by atoms with E-state index in [-0.39, 0.29) is 5.82 Å². The van der Waals surface area contributed by atoms with Crippen LogP contribution in [0.4, 0.5) is 21.5 Å². The minimum Gasteiger partial charge on any atom is -0.311 e. The average molecular weight is 277 g/mol. The van der Waals surface area contributed by atoms with E-state index in [1.54, 1.807) is 12.1 Å². The summed E-state index contributed by atoms with van der Waals surface area (Å²) in [6.45, 7) is 2.06. The van der Waals surface area contributed by atoms with Crippen LogP contribution >= 0.6 is 0 Å². The lowest BCUT2D eigenvalue weighted by atomic mass is 10.1. The van der Waals surface area contributed by atoms with Crippen LogP contribution < -0.4 is 4.90 Å². The Kier molecular flexibility index (Phi) is 3.69. The van der Waals surface area contributed by atoms with Gasteiger partial charge in [-0.25, -0.2) is 4.39 Å².